The summed E-state index contributed by atoms with van der Waals surface area (Å²) in [6.45, 7) is 0. The summed E-state index contributed by atoms with van der Waals surface area (Å²) < 4.78 is 11.5. The Labute approximate surface area is 330 Å². The smallest absolute Gasteiger partial charge is 0.164 e. The molecule has 0 amide bonds. The Hall–Kier alpha value is -7.41. The van der Waals surface area contributed by atoms with Crippen molar-refractivity contribution in [3.8, 4) is 51.0 Å². The topological polar surface area (TPSA) is 56.7 Å². The molecule has 0 aliphatic carbocycles. The van der Waals surface area contributed by atoms with E-state index in [1.807, 2.05) is 84.1 Å². The Kier molecular flexibility index (Phi) is 7.03. The zero-order valence-corrected chi connectivity index (χ0v) is 31.2. The predicted octanol–water partition coefficient (Wildman–Crippen LogP) is 13.9. The third-order valence-electron chi connectivity index (χ3n) is 11.1. The van der Waals surface area contributed by atoms with Gasteiger partial charge in [0.25, 0.3) is 0 Å². The highest BCUT2D eigenvalue weighted by Crippen LogP contribution is 2.46. The van der Waals surface area contributed by atoms with Gasteiger partial charge in [0.2, 0.25) is 0 Å². The number of hydrogen-bond donors (Lipinski definition) is 0. The van der Waals surface area contributed by atoms with Gasteiger partial charge >= 0.3 is 0 Å². The van der Waals surface area contributed by atoms with E-state index >= 15 is 0 Å². The highest BCUT2D eigenvalue weighted by atomic mass is 32.1. The molecule has 0 unspecified atom stereocenters. The minimum atomic E-state index is 0.611. The van der Waals surface area contributed by atoms with Crippen LogP contribution in [0.5, 0.6) is 0 Å². The van der Waals surface area contributed by atoms with Crippen LogP contribution in [0.15, 0.2) is 186 Å². The maximum absolute atomic E-state index is 6.57. The van der Waals surface area contributed by atoms with Crippen LogP contribution in [0.3, 0.4) is 0 Å². The molecule has 4 heterocycles. The van der Waals surface area contributed by atoms with Gasteiger partial charge in [-0.05, 0) is 59.7 Å². The van der Waals surface area contributed by atoms with E-state index in [9.17, 15) is 0 Å². The maximum Gasteiger partial charge on any atom is 0.164 e. The van der Waals surface area contributed by atoms with Gasteiger partial charge in [-0.25, -0.2) is 15.0 Å². The van der Waals surface area contributed by atoms with Crippen LogP contribution in [-0.2, 0) is 0 Å². The molecule has 4 aromatic heterocycles. The molecular formula is C51H30N4OS. The number of furan rings is 1. The number of rotatable bonds is 5. The normalized spacial score (nSPS) is 11.9. The summed E-state index contributed by atoms with van der Waals surface area (Å²) in [7, 11) is 0. The van der Waals surface area contributed by atoms with E-state index in [1.54, 1.807) is 0 Å². The van der Waals surface area contributed by atoms with Crippen LogP contribution in [0.1, 0.15) is 0 Å². The van der Waals surface area contributed by atoms with Crippen LogP contribution in [0.25, 0.3) is 115 Å². The van der Waals surface area contributed by atoms with Crippen LogP contribution in [0.4, 0.5) is 0 Å². The van der Waals surface area contributed by atoms with Gasteiger partial charge in [0, 0.05) is 53.7 Å². The van der Waals surface area contributed by atoms with E-state index in [-0.39, 0.29) is 0 Å². The summed E-state index contributed by atoms with van der Waals surface area (Å²) >= 11 is 1.86. The average molecular weight is 747 g/mol. The van der Waals surface area contributed by atoms with Crippen LogP contribution in [0.2, 0.25) is 0 Å². The lowest BCUT2D eigenvalue weighted by atomic mass is 9.95. The molecule has 0 bridgehead atoms. The van der Waals surface area contributed by atoms with Crippen molar-refractivity contribution in [1.29, 1.82) is 0 Å². The molecule has 0 atom stereocenters. The molecule has 0 saturated heterocycles. The molecule has 0 saturated carbocycles. The van der Waals surface area contributed by atoms with Gasteiger partial charge in [-0.1, -0.05) is 133 Å². The summed E-state index contributed by atoms with van der Waals surface area (Å²) in [6.07, 6.45) is 0. The fourth-order valence-electron chi connectivity index (χ4n) is 8.54. The largest absolute Gasteiger partial charge is 0.456 e. The van der Waals surface area contributed by atoms with Gasteiger partial charge in [0.15, 0.2) is 17.5 Å². The van der Waals surface area contributed by atoms with Gasteiger partial charge in [-0.3, -0.25) is 0 Å². The van der Waals surface area contributed by atoms with Gasteiger partial charge in [-0.15, -0.1) is 11.3 Å². The summed E-state index contributed by atoms with van der Waals surface area (Å²) in [4.78, 5) is 15.0. The van der Waals surface area contributed by atoms with Crippen molar-refractivity contribution < 1.29 is 4.42 Å². The molecule has 12 rings (SSSR count). The van der Waals surface area contributed by atoms with E-state index in [4.69, 9.17) is 19.4 Å². The third-order valence-corrected chi connectivity index (χ3v) is 12.3. The molecule has 8 aromatic carbocycles. The molecule has 266 valence electrons. The fourth-order valence-corrected chi connectivity index (χ4v) is 9.78. The number of hydrogen-bond acceptors (Lipinski definition) is 5. The summed E-state index contributed by atoms with van der Waals surface area (Å²) in [5.41, 5.74) is 10.3. The van der Waals surface area contributed by atoms with Crippen molar-refractivity contribution in [2.75, 3.05) is 0 Å². The Morgan fingerprint density at radius 2 is 0.965 bits per heavy atom. The van der Waals surface area contributed by atoms with Crippen molar-refractivity contribution >= 4 is 75.3 Å². The molecule has 0 spiro atoms. The number of thiophene rings is 1. The van der Waals surface area contributed by atoms with E-state index < -0.39 is 0 Å². The molecule has 0 aliphatic heterocycles. The number of aromatic nitrogens is 4. The number of nitrogens with zero attached hydrogens (tertiary/aromatic N) is 4. The number of benzene rings is 8. The van der Waals surface area contributed by atoms with Crippen LogP contribution >= 0.6 is 11.3 Å². The van der Waals surface area contributed by atoms with Gasteiger partial charge < -0.3 is 8.98 Å². The van der Waals surface area contributed by atoms with Crippen molar-refractivity contribution in [2.24, 2.45) is 0 Å². The molecule has 0 fully saturated rings. The SMILES string of the molecule is c1ccc(-c2nc(-c3ccccc3)nc(-c3ccc4oc5cccc(-c6cccc7sc8c(-n9c%10ccccc%10c%10ccccc%109)cccc8c67)c5c4c3)n2)cc1. The summed E-state index contributed by atoms with van der Waals surface area (Å²) in [5, 5.41) is 7.09. The molecular weight excluding hydrogens is 717 g/mol. The van der Waals surface area contributed by atoms with Crippen molar-refractivity contribution in [1.82, 2.24) is 19.5 Å². The number of para-hydroxylation sites is 2. The van der Waals surface area contributed by atoms with Gasteiger partial charge in [0.1, 0.15) is 11.2 Å². The minimum absolute atomic E-state index is 0.611. The lowest BCUT2D eigenvalue weighted by Crippen LogP contribution is -2.00. The Morgan fingerprint density at radius 1 is 0.404 bits per heavy atom. The fraction of sp³-hybridized carbons (Fsp3) is 0. The van der Waals surface area contributed by atoms with Crippen LogP contribution < -0.4 is 0 Å². The average Bonchev–Trinajstić information content (AvgIpc) is 3.96. The second kappa shape index (κ2) is 12.6. The minimum Gasteiger partial charge on any atom is -0.456 e. The molecule has 12 aromatic rings. The zero-order valence-electron chi connectivity index (χ0n) is 30.4. The first-order chi connectivity index (χ1) is 28.3. The summed E-state index contributed by atoms with van der Waals surface area (Å²) in [5.74, 6) is 1.88. The van der Waals surface area contributed by atoms with Gasteiger partial charge in [0.05, 0.1) is 21.4 Å². The highest BCUT2D eigenvalue weighted by Gasteiger charge is 2.21. The lowest BCUT2D eigenvalue weighted by Gasteiger charge is -2.10. The zero-order chi connectivity index (χ0) is 37.5. The summed E-state index contributed by atoms with van der Waals surface area (Å²) in [6, 6.07) is 63.7. The second-order valence-electron chi connectivity index (χ2n) is 14.3. The molecule has 0 N–H and O–H groups in total. The van der Waals surface area contributed by atoms with Crippen molar-refractivity contribution in [3.05, 3.63) is 182 Å². The van der Waals surface area contributed by atoms with Crippen molar-refractivity contribution in [2.45, 2.75) is 0 Å². The van der Waals surface area contributed by atoms with E-state index in [1.165, 1.54) is 53.2 Å². The lowest BCUT2D eigenvalue weighted by molar-refractivity contribution is 0.669. The predicted molar refractivity (Wildman–Crippen MR) is 236 cm³/mol. The van der Waals surface area contributed by atoms with E-state index in [0.29, 0.717) is 17.5 Å². The highest BCUT2D eigenvalue weighted by molar-refractivity contribution is 7.26. The first-order valence-corrected chi connectivity index (χ1v) is 19.8. The first kappa shape index (κ1) is 31.9. The molecule has 5 nitrogen and oxygen atoms in total. The molecule has 6 heteroatoms. The van der Waals surface area contributed by atoms with Crippen LogP contribution in [0, 0.1) is 0 Å². The first-order valence-electron chi connectivity index (χ1n) is 19.0. The Balaban J connectivity index is 1.07. The van der Waals surface area contributed by atoms with E-state index in [0.717, 1.165) is 44.2 Å². The maximum atomic E-state index is 6.57. The second-order valence-corrected chi connectivity index (χ2v) is 15.4. The van der Waals surface area contributed by atoms with E-state index in [2.05, 4.69) is 114 Å². The molecule has 0 radical (unpaired) electrons. The Morgan fingerprint density at radius 3 is 1.65 bits per heavy atom. The van der Waals surface area contributed by atoms with Crippen LogP contribution in [-0.4, -0.2) is 19.5 Å². The monoisotopic (exact) mass is 746 g/mol. The number of fused-ring (bicyclic) bond motifs is 9. The quantitative estimate of drug-likeness (QED) is 0.176. The molecule has 57 heavy (non-hydrogen) atoms. The van der Waals surface area contributed by atoms with Gasteiger partial charge in [-0.2, -0.15) is 0 Å². The standard InChI is InChI=1S/C51H30N4OS/c1-3-14-31(15-4-1)49-52-50(32-16-5-2-6-17-32)54-51(53-49)33-28-29-43-39(30-33)46-36(20-12-26-44(46)56-43)37-21-13-27-45-47(37)38-22-11-25-42(48(38)57-45)55-40-23-9-7-18-34(40)35-19-8-10-24-41(35)55/h1-30H. The molecule has 0 aliphatic rings. The van der Waals surface area contributed by atoms with Crippen molar-refractivity contribution in [3.63, 3.8) is 0 Å². The Bertz CT molecular complexity index is 3420. The third kappa shape index (κ3) is 4.98.